The number of ether oxygens (including phenoxy) is 1. The summed E-state index contributed by atoms with van der Waals surface area (Å²) in [6.07, 6.45) is 5.39. The first-order valence-electron chi connectivity index (χ1n) is 11.4. The minimum absolute atomic E-state index is 0.0567. The normalized spacial score (nSPS) is 21.0. The van der Waals surface area contributed by atoms with Crippen molar-refractivity contribution in [1.82, 2.24) is 14.4 Å². The summed E-state index contributed by atoms with van der Waals surface area (Å²) in [6.45, 7) is 0.782. The predicted molar refractivity (Wildman–Crippen MR) is 127 cm³/mol. The molecule has 3 atom stereocenters. The summed E-state index contributed by atoms with van der Waals surface area (Å²) in [5, 5.41) is 9.19. The van der Waals surface area contributed by atoms with Crippen LogP contribution >= 0.6 is 0 Å². The van der Waals surface area contributed by atoms with Gasteiger partial charge in [0.05, 0.1) is 23.9 Å². The van der Waals surface area contributed by atoms with Crippen molar-refractivity contribution in [3.8, 4) is 34.2 Å². The Morgan fingerprint density at radius 2 is 1.91 bits per heavy atom. The minimum Gasteiger partial charge on any atom is -0.494 e. The van der Waals surface area contributed by atoms with Crippen molar-refractivity contribution < 1.29 is 13.5 Å². The third-order valence-corrected chi connectivity index (χ3v) is 7.19. The molecule has 4 aromatic rings. The molecule has 176 valence electrons. The molecule has 2 N–H and O–H groups in total. The van der Waals surface area contributed by atoms with Crippen molar-refractivity contribution in [3.05, 3.63) is 66.0 Å². The summed E-state index contributed by atoms with van der Waals surface area (Å²) in [6, 6.07) is 11.3. The lowest BCUT2D eigenvalue weighted by molar-refractivity contribution is 0.386. The Bertz CT molecular complexity index is 1510. The van der Waals surface area contributed by atoms with Gasteiger partial charge >= 0.3 is 0 Å². The highest BCUT2D eigenvalue weighted by Gasteiger charge is 2.44. The molecular formula is C26H22F2N6O. The van der Waals surface area contributed by atoms with Crippen molar-refractivity contribution >= 4 is 11.6 Å². The van der Waals surface area contributed by atoms with Crippen LogP contribution in [0.2, 0.25) is 0 Å². The molecule has 6 rings (SSSR count). The van der Waals surface area contributed by atoms with Gasteiger partial charge in [-0.15, -0.1) is 0 Å². The maximum atomic E-state index is 14.7. The van der Waals surface area contributed by atoms with E-state index >= 15 is 0 Å². The molecule has 0 amide bonds. The second-order valence-electron chi connectivity index (χ2n) is 9.11. The first-order chi connectivity index (χ1) is 17.0. The highest BCUT2D eigenvalue weighted by Crippen LogP contribution is 2.42. The Kier molecular flexibility index (Phi) is 4.93. The maximum absolute atomic E-state index is 14.7. The Morgan fingerprint density at radius 3 is 2.57 bits per heavy atom. The quantitative estimate of drug-likeness (QED) is 0.480. The SMILES string of the molecule is COc1ccc(-c2c(-c3ccc(C#N)c(F)c3)nc(N3CC4CC3CC4N)n3ccnc23)cc1F. The van der Waals surface area contributed by atoms with Crippen LogP contribution in [0, 0.1) is 28.9 Å². The molecule has 2 bridgehead atoms. The molecule has 35 heavy (non-hydrogen) atoms. The van der Waals surface area contributed by atoms with Crippen molar-refractivity contribution in [3.63, 3.8) is 0 Å². The number of fused-ring (bicyclic) bond motifs is 3. The second kappa shape index (κ2) is 8.03. The van der Waals surface area contributed by atoms with E-state index in [1.165, 1.54) is 25.3 Å². The van der Waals surface area contributed by atoms with Crippen molar-refractivity contribution in [2.45, 2.75) is 24.9 Å². The summed E-state index contributed by atoms with van der Waals surface area (Å²) in [7, 11) is 1.40. The van der Waals surface area contributed by atoms with Crippen LogP contribution in [0.15, 0.2) is 48.8 Å². The van der Waals surface area contributed by atoms with E-state index in [0.29, 0.717) is 39.9 Å². The van der Waals surface area contributed by atoms with E-state index in [-0.39, 0.29) is 23.4 Å². The second-order valence-corrected chi connectivity index (χ2v) is 9.11. The fourth-order valence-corrected chi connectivity index (χ4v) is 5.46. The molecule has 7 nitrogen and oxygen atoms in total. The number of piperidine rings is 1. The van der Waals surface area contributed by atoms with Crippen LogP contribution in [-0.4, -0.2) is 40.1 Å². The number of hydrogen-bond acceptors (Lipinski definition) is 6. The first kappa shape index (κ1) is 21.5. The van der Waals surface area contributed by atoms with Crippen LogP contribution in [0.3, 0.4) is 0 Å². The summed E-state index contributed by atoms with van der Waals surface area (Å²) in [4.78, 5) is 11.9. The number of hydrogen-bond donors (Lipinski definition) is 1. The van der Waals surface area contributed by atoms with Gasteiger partial charge < -0.3 is 15.4 Å². The molecule has 2 aromatic heterocycles. The van der Waals surface area contributed by atoms with E-state index in [2.05, 4.69) is 9.88 Å². The average molecular weight is 472 g/mol. The molecule has 2 aliphatic rings. The van der Waals surface area contributed by atoms with Crippen molar-refractivity contribution in [2.75, 3.05) is 18.6 Å². The van der Waals surface area contributed by atoms with E-state index in [1.807, 2.05) is 16.7 Å². The van der Waals surface area contributed by atoms with Crippen LogP contribution in [0.1, 0.15) is 18.4 Å². The summed E-state index contributed by atoms with van der Waals surface area (Å²) < 4.78 is 36.4. The largest absolute Gasteiger partial charge is 0.494 e. The first-order valence-corrected chi connectivity index (χ1v) is 11.4. The summed E-state index contributed by atoms with van der Waals surface area (Å²) in [5.41, 5.74) is 8.82. The molecule has 0 spiro atoms. The van der Waals surface area contributed by atoms with Gasteiger partial charge in [-0.25, -0.2) is 18.7 Å². The Hall–Kier alpha value is -4.03. The number of halogens is 2. The van der Waals surface area contributed by atoms with Gasteiger partial charge in [0.25, 0.3) is 0 Å². The van der Waals surface area contributed by atoms with Crippen LogP contribution in [0.5, 0.6) is 5.75 Å². The molecular weight excluding hydrogens is 450 g/mol. The third-order valence-electron chi connectivity index (χ3n) is 7.19. The van der Waals surface area contributed by atoms with Gasteiger partial charge in [-0.3, -0.25) is 4.40 Å². The Labute approximate surface area is 200 Å². The fraction of sp³-hybridized carbons (Fsp3) is 0.269. The number of nitrogens with zero attached hydrogens (tertiary/aromatic N) is 5. The molecule has 3 unspecified atom stereocenters. The van der Waals surface area contributed by atoms with Crippen LogP contribution < -0.4 is 15.4 Å². The zero-order chi connectivity index (χ0) is 24.3. The fourth-order valence-electron chi connectivity index (χ4n) is 5.46. The number of rotatable bonds is 4. The number of nitrogens with two attached hydrogens (primary N) is 1. The molecule has 2 fully saturated rings. The third kappa shape index (κ3) is 3.33. The van der Waals surface area contributed by atoms with Crippen LogP contribution in [0.25, 0.3) is 28.0 Å². The van der Waals surface area contributed by atoms with Crippen LogP contribution in [0.4, 0.5) is 14.7 Å². The van der Waals surface area contributed by atoms with Gasteiger partial charge in [0.1, 0.15) is 17.5 Å². The Balaban J connectivity index is 1.61. The van der Waals surface area contributed by atoms with E-state index in [4.69, 9.17) is 15.5 Å². The van der Waals surface area contributed by atoms with Gasteiger partial charge in [-0.2, -0.15) is 5.26 Å². The zero-order valence-electron chi connectivity index (χ0n) is 18.9. The van der Waals surface area contributed by atoms with Gasteiger partial charge in [0.2, 0.25) is 5.95 Å². The molecule has 3 heterocycles. The summed E-state index contributed by atoms with van der Waals surface area (Å²) >= 11 is 0. The van der Waals surface area contributed by atoms with Gasteiger partial charge in [0.15, 0.2) is 11.6 Å². The predicted octanol–water partition coefficient (Wildman–Crippen LogP) is 4.15. The van der Waals surface area contributed by atoms with Crippen molar-refractivity contribution in [1.29, 1.82) is 5.26 Å². The number of anilines is 1. The van der Waals surface area contributed by atoms with E-state index < -0.39 is 11.6 Å². The lowest BCUT2D eigenvalue weighted by Crippen LogP contribution is -2.42. The van der Waals surface area contributed by atoms with Gasteiger partial charge in [0, 0.05) is 36.6 Å². The molecule has 1 saturated heterocycles. The van der Waals surface area contributed by atoms with E-state index in [1.54, 1.807) is 24.4 Å². The smallest absolute Gasteiger partial charge is 0.212 e. The van der Waals surface area contributed by atoms with Gasteiger partial charge in [-0.05, 0) is 48.6 Å². The number of benzene rings is 2. The van der Waals surface area contributed by atoms with E-state index in [9.17, 15) is 14.0 Å². The van der Waals surface area contributed by atoms with Gasteiger partial charge in [-0.1, -0.05) is 12.1 Å². The number of imidazole rings is 1. The molecule has 1 aliphatic heterocycles. The average Bonchev–Trinajstić information content (AvgIpc) is 3.59. The molecule has 9 heteroatoms. The highest BCUT2D eigenvalue weighted by molar-refractivity contribution is 5.91. The number of methoxy groups -OCH3 is 1. The zero-order valence-corrected chi connectivity index (χ0v) is 18.9. The van der Waals surface area contributed by atoms with Crippen molar-refractivity contribution in [2.24, 2.45) is 11.7 Å². The number of nitriles is 1. The Morgan fingerprint density at radius 1 is 1.11 bits per heavy atom. The highest BCUT2D eigenvalue weighted by atomic mass is 19.1. The van der Waals surface area contributed by atoms with E-state index in [0.717, 1.165) is 19.4 Å². The minimum atomic E-state index is -0.644. The molecule has 1 aliphatic carbocycles. The molecule has 0 radical (unpaired) electrons. The monoisotopic (exact) mass is 472 g/mol. The lowest BCUT2D eigenvalue weighted by Gasteiger charge is -2.31. The maximum Gasteiger partial charge on any atom is 0.212 e. The topological polar surface area (TPSA) is 92.5 Å². The standard InChI is InChI=1S/C26H22F2N6O/c1-35-22-5-4-14(9-20(22)28)23-24(15-2-3-16(12-29)19(27)10-15)32-26(33-7-6-31-25(23)33)34-13-17-8-18(34)11-21(17)30/h2-7,9-10,17-18,21H,8,11,13,30H2,1H3. The number of aromatic nitrogens is 3. The van der Waals surface area contributed by atoms with Crippen LogP contribution in [-0.2, 0) is 0 Å². The summed E-state index contributed by atoms with van der Waals surface area (Å²) in [5.74, 6) is 0.0326. The molecule has 1 saturated carbocycles. The lowest BCUT2D eigenvalue weighted by atomic mass is 9.98. The molecule has 2 aromatic carbocycles.